The van der Waals surface area contributed by atoms with E-state index in [4.69, 9.17) is 21.4 Å². The van der Waals surface area contributed by atoms with Crippen LogP contribution >= 0.6 is 11.6 Å². The van der Waals surface area contributed by atoms with Crippen LogP contribution in [0, 0.1) is 6.92 Å². The minimum absolute atomic E-state index is 0.151. The number of carboxylic acid groups (broad SMARTS) is 1. The van der Waals surface area contributed by atoms with Gasteiger partial charge in [-0.25, -0.2) is 9.59 Å². The molecule has 0 heterocycles. The summed E-state index contributed by atoms with van der Waals surface area (Å²) >= 11 is 5.16. The highest BCUT2D eigenvalue weighted by Crippen LogP contribution is 2.17. The Balaban J connectivity index is 2.81. The normalized spacial score (nSPS) is 9.62. The van der Waals surface area contributed by atoms with Crippen LogP contribution in [0.25, 0.3) is 0 Å². The fourth-order valence-electron chi connectivity index (χ4n) is 1.11. The van der Waals surface area contributed by atoms with Gasteiger partial charge in [0.05, 0.1) is 5.56 Å². The monoisotopic (exact) mass is 244 g/mol. The number of alkyl halides is 1. The van der Waals surface area contributed by atoms with Gasteiger partial charge >= 0.3 is 12.1 Å². The largest absolute Gasteiger partial charge is 0.515 e. The molecule has 1 aromatic rings. The van der Waals surface area contributed by atoms with Crippen LogP contribution in [0.3, 0.4) is 0 Å². The van der Waals surface area contributed by atoms with Crippen LogP contribution in [0.5, 0.6) is 5.75 Å². The van der Waals surface area contributed by atoms with E-state index < -0.39 is 12.1 Å². The first-order valence-electron chi connectivity index (χ1n) is 4.29. The molecule has 86 valence electrons. The summed E-state index contributed by atoms with van der Waals surface area (Å²) in [7, 11) is 0. The molecule has 0 unspecified atom stereocenters. The molecule has 0 fully saturated rings. The van der Waals surface area contributed by atoms with Crippen molar-refractivity contribution in [3.05, 3.63) is 29.3 Å². The van der Waals surface area contributed by atoms with Crippen LogP contribution in [0.1, 0.15) is 15.9 Å². The zero-order valence-corrected chi connectivity index (χ0v) is 9.15. The predicted octanol–water partition coefficient (Wildman–Crippen LogP) is 2.40. The number of hydrogen-bond acceptors (Lipinski definition) is 4. The number of ether oxygens (including phenoxy) is 2. The van der Waals surface area contributed by atoms with Gasteiger partial charge in [-0.15, -0.1) is 0 Å². The summed E-state index contributed by atoms with van der Waals surface area (Å²) < 4.78 is 9.08. The van der Waals surface area contributed by atoms with E-state index in [0.29, 0.717) is 5.56 Å². The highest BCUT2D eigenvalue weighted by Gasteiger charge is 2.10. The molecular weight excluding hydrogens is 236 g/mol. The van der Waals surface area contributed by atoms with Gasteiger partial charge in [0, 0.05) is 0 Å². The topological polar surface area (TPSA) is 72.8 Å². The van der Waals surface area contributed by atoms with Crippen molar-refractivity contribution < 1.29 is 24.2 Å². The summed E-state index contributed by atoms with van der Waals surface area (Å²) in [5, 5.41) is 8.77. The number of halogens is 1. The van der Waals surface area contributed by atoms with E-state index in [1.54, 1.807) is 6.92 Å². The zero-order chi connectivity index (χ0) is 12.1. The third-order valence-corrected chi connectivity index (χ3v) is 1.91. The molecule has 0 aliphatic heterocycles. The van der Waals surface area contributed by atoms with E-state index in [2.05, 4.69) is 4.74 Å². The van der Waals surface area contributed by atoms with Crippen molar-refractivity contribution in [3.8, 4) is 5.75 Å². The average molecular weight is 245 g/mol. The molecule has 1 rings (SSSR count). The fraction of sp³-hybridized carbons (Fsp3) is 0.200. The smallest absolute Gasteiger partial charge is 0.478 e. The van der Waals surface area contributed by atoms with Crippen LogP contribution in [-0.4, -0.2) is 23.3 Å². The minimum atomic E-state index is -1.03. The van der Waals surface area contributed by atoms with E-state index in [-0.39, 0.29) is 17.4 Å². The third kappa shape index (κ3) is 3.13. The standard InChI is InChI=1S/C10H9ClO5/c1-6-4-7(16-10(14)15-5-11)2-3-8(6)9(12)13/h2-4H,5H2,1H3,(H,12,13). The number of benzene rings is 1. The van der Waals surface area contributed by atoms with Crippen molar-refractivity contribution in [1.29, 1.82) is 0 Å². The lowest BCUT2D eigenvalue weighted by molar-refractivity contribution is 0.0696. The van der Waals surface area contributed by atoms with Crippen LogP contribution in [0.4, 0.5) is 4.79 Å². The second-order valence-electron chi connectivity index (χ2n) is 2.89. The number of rotatable bonds is 3. The van der Waals surface area contributed by atoms with Crippen LogP contribution < -0.4 is 4.74 Å². The SMILES string of the molecule is Cc1cc(OC(=O)OCCl)ccc1C(=O)O. The molecule has 0 aliphatic rings. The molecule has 0 aliphatic carbocycles. The lowest BCUT2D eigenvalue weighted by Crippen LogP contribution is -2.10. The van der Waals surface area contributed by atoms with Gasteiger partial charge < -0.3 is 14.6 Å². The lowest BCUT2D eigenvalue weighted by atomic mass is 10.1. The second kappa shape index (κ2) is 5.37. The van der Waals surface area contributed by atoms with Crippen molar-refractivity contribution in [2.24, 2.45) is 0 Å². The summed E-state index contributed by atoms with van der Waals surface area (Å²) in [6.45, 7) is 1.60. The molecule has 6 heteroatoms. The molecule has 0 radical (unpaired) electrons. The van der Waals surface area contributed by atoms with Crippen LogP contribution in [-0.2, 0) is 4.74 Å². The number of aromatic carboxylic acids is 1. The summed E-state index contributed by atoms with van der Waals surface area (Å²) in [5.74, 6) is -0.829. The van der Waals surface area contributed by atoms with Crippen LogP contribution in [0.15, 0.2) is 18.2 Å². The quantitative estimate of drug-likeness (QED) is 0.502. The number of carbonyl (C=O) groups is 2. The molecule has 0 saturated heterocycles. The number of hydrogen-bond donors (Lipinski definition) is 1. The minimum Gasteiger partial charge on any atom is -0.478 e. The van der Waals surface area contributed by atoms with Gasteiger partial charge in [0.1, 0.15) is 5.75 Å². The van der Waals surface area contributed by atoms with Gasteiger partial charge in [-0.1, -0.05) is 11.6 Å². The molecule has 1 aromatic carbocycles. The first-order chi connectivity index (χ1) is 7.54. The van der Waals surface area contributed by atoms with Crippen molar-refractivity contribution in [1.82, 2.24) is 0 Å². The Hall–Kier alpha value is -1.75. The van der Waals surface area contributed by atoms with Crippen molar-refractivity contribution in [3.63, 3.8) is 0 Å². The Morgan fingerprint density at radius 2 is 2.12 bits per heavy atom. The Morgan fingerprint density at radius 1 is 1.44 bits per heavy atom. The van der Waals surface area contributed by atoms with Crippen LogP contribution in [0.2, 0.25) is 0 Å². The zero-order valence-electron chi connectivity index (χ0n) is 8.40. The second-order valence-corrected chi connectivity index (χ2v) is 3.11. The molecule has 0 saturated carbocycles. The Morgan fingerprint density at radius 3 is 2.62 bits per heavy atom. The summed E-state index contributed by atoms with van der Waals surface area (Å²) in [5.41, 5.74) is 0.640. The van der Waals surface area contributed by atoms with Gasteiger partial charge in [-0.05, 0) is 30.7 Å². The summed E-state index contributed by atoms with van der Waals surface area (Å²) in [6.07, 6.45) is -0.933. The fourth-order valence-corrected chi connectivity index (χ4v) is 1.20. The predicted molar refractivity (Wildman–Crippen MR) is 56.0 cm³/mol. The van der Waals surface area contributed by atoms with Crippen molar-refractivity contribution in [2.75, 3.05) is 6.07 Å². The molecule has 1 N–H and O–H groups in total. The maximum Gasteiger partial charge on any atom is 0.515 e. The Kier molecular flexibility index (Phi) is 4.13. The van der Waals surface area contributed by atoms with E-state index in [9.17, 15) is 9.59 Å². The number of aryl methyl sites for hydroxylation is 1. The highest BCUT2D eigenvalue weighted by molar-refractivity contribution is 6.17. The first kappa shape index (κ1) is 12.3. The number of carbonyl (C=O) groups excluding carboxylic acids is 1. The molecule has 16 heavy (non-hydrogen) atoms. The summed E-state index contributed by atoms with van der Waals surface area (Å²) in [6, 6.07) is 3.84. The van der Waals surface area contributed by atoms with E-state index >= 15 is 0 Å². The molecule has 5 nitrogen and oxygen atoms in total. The van der Waals surface area contributed by atoms with Crippen molar-refractivity contribution >= 4 is 23.7 Å². The lowest BCUT2D eigenvalue weighted by Gasteiger charge is -2.05. The highest BCUT2D eigenvalue weighted by atomic mass is 35.5. The van der Waals surface area contributed by atoms with Gasteiger partial charge in [0.25, 0.3) is 0 Å². The van der Waals surface area contributed by atoms with E-state index in [0.717, 1.165) is 0 Å². The van der Waals surface area contributed by atoms with Gasteiger partial charge in [0.15, 0.2) is 6.07 Å². The third-order valence-electron chi connectivity index (χ3n) is 1.80. The molecule has 0 aromatic heterocycles. The van der Waals surface area contributed by atoms with E-state index in [1.165, 1.54) is 18.2 Å². The molecule has 0 bridgehead atoms. The maximum absolute atomic E-state index is 10.9. The first-order valence-corrected chi connectivity index (χ1v) is 4.82. The van der Waals surface area contributed by atoms with Crippen molar-refractivity contribution in [2.45, 2.75) is 6.92 Å². The molecule has 0 spiro atoms. The van der Waals surface area contributed by atoms with Gasteiger partial charge in [0.2, 0.25) is 0 Å². The molecule has 0 atom stereocenters. The number of carboxylic acids is 1. The van der Waals surface area contributed by atoms with Gasteiger partial charge in [-0.2, -0.15) is 0 Å². The van der Waals surface area contributed by atoms with Gasteiger partial charge in [-0.3, -0.25) is 0 Å². The Bertz CT molecular complexity index is 416. The maximum atomic E-state index is 10.9. The Labute approximate surface area is 96.5 Å². The van der Waals surface area contributed by atoms with E-state index in [1.807, 2.05) is 0 Å². The molecular formula is C10H9ClO5. The summed E-state index contributed by atoms with van der Waals surface area (Å²) in [4.78, 5) is 21.6. The molecule has 0 amide bonds. The average Bonchev–Trinajstić information content (AvgIpc) is 2.17.